The van der Waals surface area contributed by atoms with Gasteiger partial charge in [-0.3, -0.25) is 4.40 Å². The highest BCUT2D eigenvalue weighted by molar-refractivity contribution is 5.86. The summed E-state index contributed by atoms with van der Waals surface area (Å²) in [6, 6.07) is 1.44. The molecular formula is C15H16F4N6. The number of anilines is 1. The Morgan fingerprint density at radius 3 is 2.64 bits per heavy atom. The van der Waals surface area contributed by atoms with E-state index in [9.17, 15) is 17.6 Å². The number of hydrogen-bond acceptors (Lipinski definition) is 5. The zero-order valence-corrected chi connectivity index (χ0v) is 13.4. The topological polar surface area (TPSA) is 81.1 Å². The molecule has 0 saturated heterocycles. The Kier molecular flexibility index (Phi) is 4.46. The van der Waals surface area contributed by atoms with Gasteiger partial charge >= 0.3 is 6.18 Å². The molecule has 0 amide bonds. The predicted octanol–water partition coefficient (Wildman–Crippen LogP) is 2.89. The number of fused-ring (bicyclic) bond motifs is 3. The average molecular weight is 356 g/mol. The van der Waals surface area contributed by atoms with Crippen LogP contribution in [0.1, 0.15) is 24.2 Å². The molecule has 0 bridgehead atoms. The summed E-state index contributed by atoms with van der Waals surface area (Å²) >= 11 is 0. The van der Waals surface area contributed by atoms with Gasteiger partial charge in [-0.1, -0.05) is 0 Å². The smallest absolute Gasteiger partial charge is 0.367 e. The maximum absolute atomic E-state index is 13.8. The van der Waals surface area contributed by atoms with Gasteiger partial charge in [-0.15, -0.1) is 10.2 Å². The lowest BCUT2D eigenvalue weighted by atomic mass is 10.1. The maximum Gasteiger partial charge on any atom is 0.418 e. The van der Waals surface area contributed by atoms with Gasteiger partial charge in [0.25, 0.3) is 0 Å². The van der Waals surface area contributed by atoms with Gasteiger partial charge in [0, 0.05) is 12.6 Å². The Labute approximate surface area is 140 Å². The van der Waals surface area contributed by atoms with E-state index in [0.717, 1.165) is 18.9 Å². The molecule has 134 valence electrons. The number of benzene rings is 1. The van der Waals surface area contributed by atoms with Crippen LogP contribution in [0.5, 0.6) is 0 Å². The van der Waals surface area contributed by atoms with Crippen molar-refractivity contribution in [2.45, 2.75) is 25.9 Å². The van der Waals surface area contributed by atoms with Crippen LogP contribution in [0.2, 0.25) is 0 Å². The molecule has 0 aliphatic heterocycles. The van der Waals surface area contributed by atoms with Crippen molar-refractivity contribution in [1.82, 2.24) is 19.6 Å². The van der Waals surface area contributed by atoms with Crippen LogP contribution in [0.25, 0.3) is 16.7 Å². The van der Waals surface area contributed by atoms with E-state index in [1.165, 1.54) is 4.40 Å². The van der Waals surface area contributed by atoms with Gasteiger partial charge in [-0.05, 0) is 32.4 Å². The van der Waals surface area contributed by atoms with E-state index in [2.05, 4.69) is 20.5 Å². The normalized spacial score (nSPS) is 12.2. The average Bonchev–Trinajstić information content (AvgIpc) is 2.93. The minimum Gasteiger partial charge on any atom is -0.367 e. The first kappa shape index (κ1) is 17.3. The molecule has 3 aromatic rings. The van der Waals surface area contributed by atoms with E-state index in [1.54, 1.807) is 6.92 Å². The predicted molar refractivity (Wildman–Crippen MR) is 84.8 cm³/mol. The summed E-state index contributed by atoms with van der Waals surface area (Å²) in [6.07, 6.45) is -3.24. The molecule has 0 aliphatic rings. The van der Waals surface area contributed by atoms with Gasteiger partial charge in [-0.25, -0.2) is 9.37 Å². The first-order valence-corrected chi connectivity index (χ1v) is 7.69. The lowest BCUT2D eigenvalue weighted by molar-refractivity contribution is -0.136. The second-order valence-electron chi connectivity index (χ2n) is 5.61. The highest BCUT2D eigenvalue weighted by Gasteiger charge is 2.35. The largest absolute Gasteiger partial charge is 0.418 e. The summed E-state index contributed by atoms with van der Waals surface area (Å²) in [6.45, 7) is 2.57. The van der Waals surface area contributed by atoms with Crippen LogP contribution >= 0.6 is 0 Å². The van der Waals surface area contributed by atoms with Gasteiger partial charge in [-0.2, -0.15) is 13.2 Å². The van der Waals surface area contributed by atoms with Crippen LogP contribution in [0.15, 0.2) is 12.1 Å². The van der Waals surface area contributed by atoms with Crippen LogP contribution < -0.4 is 11.1 Å². The van der Waals surface area contributed by atoms with Crippen LogP contribution in [0, 0.1) is 12.7 Å². The quantitative estimate of drug-likeness (QED) is 0.543. The Bertz CT molecular complexity index is 918. The number of unbranched alkanes of at least 4 members (excludes halogenated alkanes) is 1. The van der Waals surface area contributed by atoms with Gasteiger partial charge in [0.15, 0.2) is 5.82 Å². The molecule has 10 heteroatoms. The first-order valence-electron chi connectivity index (χ1n) is 7.69. The highest BCUT2D eigenvalue weighted by atomic mass is 19.4. The van der Waals surface area contributed by atoms with Crippen molar-refractivity contribution in [3.05, 3.63) is 29.3 Å². The number of nitrogens with one attached hydrogen (secondary N) is 1. The van der Waals surface area contributed by atoms with E-state index in [4.69, 9.17) is 5.73 Å². The SMILES string of the molecule is Cc1nnc2c(NCCCCN)nc3c(C(F)(F)F)cc(F)cc3n12. The molecule has 2 heterocycles. The summed E-state index contributed by atoms with van der Waals surface area (Å²) in [5.74, 6) is -0.493. The molecule has 3 N–H and O–H groups in total. The van der Waals surface area contributed by atoms with Crippen LogP contribution in [0.3, 0.4) is 0 Å². The van der Waals surface area contributed by atoms with Crippen molar-refractivity contribution in [1.29, 1.82) is 0 Å². The van der Waals surface area contributed by atoms with Crippen molar-refractivity contribution < 1.29 is 17.6 Å². The van der Waals surface area contributed by atoms with Crippen molar-refractivity contribution in [2.24, 2.45) is 5.73 Å². The second-order valence-corrected chi connectivity index (χ2v) is 5.61. The number of hydrogen-bond donors (Lipinski definition) is 2. The Hall–Kier alpha value is -2.49. The molecule has 0 spiro atoms. The lowest BCUT2D eigenvalue weighted by Crippen LogP contribution is -2.12. The number of nitrogens with two attached hydrogens (primary N) is 1. The summed E-state index contributed by atoms with van der Waals surface area (Å²) < 4.78 is 55.1. The number of alkyl halides is 3. The minimum absolute atomic E-state index is 0.0302. The Morgan fingerprint density at radius 1 is 1.20 bits per heavy atom. The summed E-state index contributed by atoms with van der Waals surface area (Å²) in [5, 5.41) is 10.8. The van der Waals surface area contributed by atoms with Crippen LogP contribution in [-0.4, -0.2) is 32.7 Å². The lowest BCUT2D eigenvalue weighted by Gasteiger charge is -2.14. The Balaban J connectivity index is 2.24. The number of nitrogens with zero attached hydrogens (tertiary/aromatic N) is 4. The van der Waals surface area contributed by atoms with Crippen molar-refractivity contribution in [3.63, 3.8) is 0 Å². The number of halogens is 4. The van der Waals surface area contributed by atoms with Crippen molar-refractivity contribution in [2.75, 3.05) is 18.4 Å². The molecule has 0 aliphatic carbocycles. The molecule has 0 atom stereocenters. The number of rotatable bonds is 5. The summed E-state index contributed by atoms with van der Waals surface area (Å²) in [4.78, 5) is 4.07. The number of aryl methyl sites for hydroxylation is 1. The Morgan fingerprint density at radius 2 is 1.96 bits per heavy atom. The van der Waals surface area contributed by atoms with E-state index in [-0.39, 0.29) is 22.5 Å². The standard InChI is InChI=1S/C15H16F4N6/c1-8-23-24-14-13(21-5-3-2-4-20)22-12-10(15(17,18)19)6-9(16)7-11(12)25(8)14/h6-7H,2-5,20H2,1H3,(H,21,22). The fraction of sp³-hybridized carbons (Fsp3) is 0.400. The van der Waals surface area contributed by atoms with Gasteiger partial charge < -0.3 is 11.1 Å². The second kappa shape index (κ2) is 6.43. The third-order valence-corrected chi connectivity index (χ3v) is 3.78. The van der Waals surface area contributed by atoms with Gasteiger partial charge in [0.2, 0.25) is 5.65 Å². The maximum atomic E-state index is 13.8. The molecular weight excluding hydrogens is 340 g/mol. The fourth-order valence-corrected chi connectivity index (χ4v) is 2.65. The molecule has 1 aromatic carbocycles. The van der Waals surface area contributed by atoms with E-state index in [1.807, 2.05) is 0 Å². The number of aromatic nitrogens is 4. The van der Waals surface area contributed by atoms with E-state index < -0.39 is 17.6 Å². The molecule has 0 fully saturated rings. The third-order valence-electron chi connectivity index (χ3n) is 3.78. The molecule has 0 saturated carbocycles. The highest BCUT2D eigenvalue weighted by Crippen LogP contribution is 2.36. The van der Waals surface area contributed by atoms with E-state index in [0.29, 0.717) is 25.0 Å². The monoisotopic (exact) mass is 356 g/mol. The molecule has 3 rings (SSSR count). The first-order chi connectivity index (χ1) is 11.8. The minimum atomic E-state index is -4.74. The van der Waals surface area contributed by atoms with Gasteiger partial charge in [0.1, 0.15) is 17.2 Å². The zero-order valence-electron chi connectivity index (χ0n) is 13.4. The third kappa shape index (κ3) is 3.21. The zero-order chi connectivity index (χ0) is 18.2. The molecule has 6 nitrogen and oxygen atoms in total. The van der Waals surface area contributed by atoms with Crippen molar-refractivity contribution >= 4 is 22.5 Å². The molecule has 25 heavy (non-hydrogen) atoms. The molecule has 0 radical (unpaired) electrons. The fourth-order valence-electron chi connectivity index (χ4n) is 2.65. The molecule has 2 aromatic heterocycles. The van der Waals surface area contributed by atoms with Crippen molar-refractivity contribution in [3.8, 4) is 0 Å². The van der Waals surface area contributed by atoms with Gasteiger partial charge in [0.05, 0.1) is 11.1 Å². The van der Waals surface area contributed by atoms with Crippen LogP contribution in [0.4, 0.5) is 23.4 Å². The van der Waals surface area contributed by atoms with Crippen LogP contribution in [-0.2, 0) is 6.18 Å². The molecule has 0 unspecified atom stereocenters. The van der Waals surface area contributed by atoms with E-state index >= 15 is 0 Å². The summed E-state index contributed by atoms with van der Waals surface area (Å²) in [5.41, 5.74) is 4.15. The summed E-state index contributed by atoms with van der Waals surface area (Å²) in [7, 11) is 0.